The second-order valence-electron chi connectivity index (χ2n) is 11.3. The van der Waals surface area contributed by atoms with E-state index in [0.717, 1.165) is 46.4 Å². The van der Waals surface area contributed by atoms with Crippen LogP contribution in [0.1, 0.15) is 73.0 Å². The molecule has 2 atom stereocenters. The van der Waals surface area contributed by atoms with E-state index >= 15 is 4.39 Å². The van der Waals surface area contributed by atoms with Crippen LogP contribution < -0.4 is 14.8 Å². The molecular formula is C31H35FN2O5. The van der Waals surface area contributed by atoms with Gasteiger partial charge >= 0.3 is 5.97 Å². The number of hydrogen-bond acceptors (Lipinski definition) is 6. The number of ether oxygens (including phenoxy) is 2. The van der Waals surface area contributed by atoms with E-state index in [4.69, 9.17) is 14.6 Å². The largest absolute Gasteiger partial charge is 0.493 e. The van der Waals surface area contributed by atoms with Crippen LogP contribution in [0.3, 0.4) is 0 Å². The highest BCUT2D eigenvalue weighted by Gasteiger charge is 2.31. The molecule has 206 valence electrons. The van der Waals surface area contributed by atoms with Crippen molar-refractivity contribution in [2.45, 2.75) is 70.9 Å². The smallest absolute Gasteiger partial charge is 0.304 e. The Morgan fingerprint density at radius 1 is 1.23 bits per heavy atom. The highest BCUT2D eigenvalue weighted by Crippen LogP contribution is 2.44. The van der Waals surface area contributed by atoms with Crippen LogP contribution in [0.4, 0.5) is 10.1 Å². The summed E-state index contributed by atoms with van der Waals surface area (Å²) in [6.45, 7) is 8.33. The summed E-state index contributed by atoms with van der Waals surface area (Å²) in [6.07, 6.45) is 3.65. The number of nitrogens with zero attached hydrogens (tertiary/aromatic N) is 1. The van der Waals surface area contributed by atoms with Crippen LogP contribution in [0.2, 0.25) is 0 Å². The highest BCUT2D eigenvalue weighted by molar-refractivity contribution is 5.77. The molecule has 39 heavy (non-hydrogen) atoms. The van der Waals surface area contributed by atoms with Gasteiger partial charge in [0.2, 0.25) is 0 Å². The van der Waals surface area contributed by atoms with Gasteiger partial charge in [0.25, 0.3) is 0 Å². The lowest BCUT2D eigenvalue weighted by Crippen LogP contribution is -2.21. The number of benzene rings is 2. The molecule has 2 heterocycles. The molecule has 0 saturated carbocycles. The van der Waals surface area contributed by atoms with Crippen LogP contribution in [-0.4, -0.2) is 40.0 Å². The van der Waals surface area contributed by atoms with Crippen LogP contribution in [0.5, 0.6) is 11.5 Å². The number of aryl methyl sites for hydroxylation is 2. The van der Waals surface area contributed by atoms with Crippen molar-refractivity contribution >= 4 is 11.7 Å². The molecule has 7 nitrogen and oxygen atoms in total. The quantitative estimate of drug-likeness (QED) is 0.305. The summed E-state index contributed by atoms with van der Waals surface area (Å²) >= 11 is 0. The normalized spacial score (nSPS) is 17.9. The topological polar surface area (TPSA) is 101 Å². The summed E-state index contributed by atoms with van der Waals surface area (Å²) in [5, 5.41) is 22.5. The molecule has 0 saturated heterocycles. The molecule has 1 aliphatic heterocycles. The first-order valence-corrected chi connectivity index (χ1v) is 13.4. The standard InChI is InChI=1S/C31H35FN2O5/c1-17-11-21(38-10-9-31(3,4)37)12-18(2)28(17)22-5-7-24(32)29-23(22)6-8-25(29)34-20-14-26-30(33-15-20)19(16-39-26)13-27(35)36/h5,7,11-12,14-15,19,25,34,37H,6,8-10,13,16H2,1-4H3,(H,35,36)/t19?,25-/m1/s1. The van der Waals surface area contributed by atoms with E-state index in [9.17, 15) is 9.90 Å². The van der Waals surface area contributed by atoms with Gasteiger partial charge < -0.3 is 25.0 Å². The van der Waals surface area contributed by atoms with E-state index < -0.39 is 11.6 Å². The molecule has 1 unspecified atom stereocenters. The van der Waals surface area contributed by atoms with E-state index in [1.54, 1.807) is 26.1 Å². The minimum Gasteiger partial charge on any atom is -0.493 e. The minimum absolute atomic E-state index is 0.0243. The van der Waals surface area contributed by atoms with Gasteiger partial charge in [-0.05, 0) is 86.6 Å². The Hall–Kier alpha value is -3.65. The van der Waals surface area contributed by atoms with E-state index in [-0.39, 0.29) is 24.2 Å². The lowest BCUT2D eigenvalue weighted by atomic mass is 9.90. The predicted molar refractivity (Wildman–Crippen MR) is 147 cm³/mol. The Morgan fingerprint density at radius 3 is 2.67 bits per heavy atom. The molecular weight excluding hydrogens is 499 g/mol. The van der Waals surface area contributed by atoms with E-state index in [1.807, 2.05) is 38.1 Å². The van der Waals surface area contributed by atoms with Gasteiger partial charge in [-0.25, -0.2) is 4.39 Å². The van der Waals surface area contributed by atoms with Gasteiger partial charge in [-0.1, -0.05) is 6.07 Å². The number of carbonyl (C=O) groups is 1. The van der Waals surface area contributed by atoms with E-state index in [1.165, 1.54) is 0 Å². The Kier molecular flexibility index (Phi) is 7.25. The fourth-order valence-electron chi connectivity index (χ4n) is 5.74. The molecule has 1 aromatic heterocycles. The van der Waals surface area contributed by atoms with Crippen molar-refractivity contribution in [3.05, 3.63) is 70.3 Å². The van der Waals surface area contributed by atoms with E-state index in [2.05, 4.69) is 10.3 Å². The van der Waals surface area contributed by atoms with Crippen LogP contribution >= 0.6 is 0 Å². The zero-order chi connectivity index (χ0) is 27.9. The summed E-state index contributed by atoms with van der Waals surface area (Å²) in [7, 11) is 0. The molecule has 3 aromatic rings. The van der Waals surface area contributed by atoms with Crippen molar-refractivity contribution in [3.63, 3.8) is 0 Å². The maximum atomic E-state index is 15.3. The number of pyridine rings is 1. The Bertz CT molecular complexity index is 1390. The highest BCUT2D eigenvalue weighted by atomic mass is 19.1. The maximum Gasteiger partial charge on any atom is 0.304 e. The summed E-state index contributed by atoms with van der Waals surface area (Å²) in [5.74, 6) is -0.0447. The van der Waals surface area contributed by atoms with Gasteiger partial charge in [0.15, 0.2) is 0 Å². The number of carboxylic acid groups (broad SMARTS) is 1. The van der Waals surface area contributed by atoms with Crippen LogP contribution in [0.15, 0.2) is 36.5 Å². The van der Waals surface area contributed by atoms with Crippen molar-refractivity contribution in [1.82, 2.24) is 4.98 Å². The molecule has 0 amide bonds. The average Bonchev–Trinajstić information content (AvgIpc) is 3.44. The molecule has 5 rings (SSSR count). The average molecular weight is 535 g/mol. The summed E-state index contributed by atoms with van der Waals surface area (Å²) in [6, 6.07) is 9.02. The number of aliphatic carboxylic acids is 1. The molecule has 0 bridgehead atoms. The number of carboxylic acids is 1. The number of fused-ring (bicyclic) bond motifs is 2. The van der Waals surface area contributed by atoms with Crippen molar-refractivity contribution in [2.75, 3.05) is 18.5 Å². The number of rotatable bonds is 9. The van der Waals surface area contributed by atoms with Gasteiger partial charge in [0, 0.05) is 24.0 Å². The van der Waals surface area contributed by atoms with Crippen LogP contribution in [0.25, 0.3) is 11.1 Å². The summed E-state index contributed by atoms with van der Waals surface area (Å²) in [5.41, 5.74) is 6.47. The second kappa shape index (κ2) is 10.5. The van der Waals surface area contributed by atoms with E-state index in [0.29, 0.717) is 42.3 Å². The monoisotopic (exact) mass is 534 g/mol. The van der Waals surface area contributed by atoms with Crippen molar-refractivity contribution in [2.24, 2.45) is 0 Å². The molecule has 2 aromatic carbocycles. The van der Waals surface area contributed by atoms with Gasteiger partial charge in [0.1, 0.15) is 17.3 Å². The minimum atomic E-state index is -0.882. The van der Waals surface area contributed by atoms with Gasteiger partial charge in [0.05, 0.1) is 48.9 Å². The number of hydrogen-bond donors (Lipinski definition) is 3. The number of nitrogens with one attached hydrogen (secondary N) is 1. The number of aliphatic hydroxyl groups is 1. The van der Waals surface area contributed by atoms with Crippen LogP contribution in [0, 0.1) is 19.7 Å². The summed E-state index contributed by atoms with van der Waals surface area (Å²) < 4.78 is 26.9. The molecule has 1 aliphatic carbocycles. The first kappa shape index (κ1) is 26.9. The summed E-state index contributed by atoms with van der Waals surface area (Å²) in [4.78, 5) is 15.6. The first-order chi connectivity index (χ1) is 18.5. The lowest BCUT2D eigenvalue weighted by molar-refractivity contribution is -0.137. The molecule has 0 fully saturated rings. The number of anilines is 1. The molecule has 3 N–H and O–H groups in total. The molecule has 0 spiro atoms. The fourth-order valence-corrected chi connectivity index (χ4v) is 5.74. The third kappa shape index (κ3) is 5.71. The van der Waals surface area contributed by atoms with Crippen LogP contribution in [-0.2, 0) is 11.2 Å². The Morgan fingerprint density at radius 2 is 1.97 bits per heavy atom. The van der Waals surface area contributed by atoms with Crippen molar-refractivity contribution in [1.29, 1.82) is 0 Å². The molecule has 2 aliphatic rings. The maximum absolute atomic E-state index is 15.3. The number of aromatic nitrogens is 1. The van der Waals surface area contributed by atoms with Crippen molar-refractivity contribution in [3.8, 4) is 22.6 Å². The van der Waals surface area contributed by atoms with Gasteiger partial charge in [-0.15, -0.1) is 0 Å². The van der Waals surface area contributed by atoms with Gasteiger partial charge in [-0.2, -0.15) is 0 Å². The third-order valence-electron chi connectivity index (χ3n) is 7.56. The Labute approximate surface area is 228 Å². The molecule has 8 heteroatoms. The van der Waals surface area contributed by atoms with Crippen molar-refractivity contribution < 1.29 is 28.9 Å². The van der Waals surface area contributed by atoms with Gasteiger partial charge in [-0.3, -0.25) is 9.78 Å². The zero-order valence-electron chi connectivity index (χ0n) is 22.8. The number of halogens is 1. The molecule has 0 radical (unpaired) electrons. The zero-order valence-corrected chi connectivity index (χ0v) is 22.8. The SMILES string of the molecule is Cc1cc(OCCC(C)(C)O)cc(C)c1-c1ccc(F)c2c1CC[C@H]2Nc1cnc2c(c1)OCC2CC(=O)O. The fraction of sp³-hybridized carbons (Fsp3) is 0.419. The Balaban J connectivity index is 1.38. The lowest BCUT2D eigenvalue weighted by Gasteiger charge is -2.20. The second-order valence-corrected chi connectivity index (χ2v) is 11.3. The predicted octanol–water partition coefficient (Wildman–Crippen LogP) is 6.09. The third-order valence-corrected chi connectivity index (χ3v) is 7.56. The first-order valence-electron chi connectivity index (χ1n) is 13.4.